The van der Waals surface area contributed by atoms with Crippen molar-refractivity contribution in [1.82, 2.24) is 30.4 Å². The minimum absolute atomic E-state index is 0.0304. The minimum Gasteiger partial charge on any atom is -0.351 e. The van der Waals surface area contributed by atoms with E-state index in [4.69, 9.17) is 0 Å². The van der Waals surface area contributed by atoms with Crippen LogP contribution >= 0.6 is 0 Å². The zero-order valence-corrected chi connectivity index (χ0v) is 20.1. The monoisotopic (exact) mass is 482 g/mol. The number of nitrogens with zero attached hydrogens (tertiary/aromatic N) is 4. The zero-order chi connectivity index (χ0) is 24.3. The van der Waals surface area contributed by atoms with Crippen molar-refractivity contribution in [3.63, 3.8) is 0 Å². The van der Waals surface area contributed by atoms with Gasteiger partial charge in [0.2, 0.25) is 5.95 Å². The van der Waals surface area contributed by atoms with Crippen LogP contribution < -0.4 is 16.0 Å². The maximum Gasteiger partial charge on any atom is 0.251 e. The second-order valence-electron chi connectivity index (χ2n) is 9.58. The number of likely N-dealkylation sites (tertiary alicyclic amines) is 1. The van der Waals surface area contributed by atoms with Crippen LogP contribution in [0.5, 0.6) is 0 Å². The number of amides is 1. The molecule has 2 fully saturated rings. The average Bonchev–Trinajstić information content (AvgIpc) is 3.41. The molecule has 1 aliphatic carbocycles. The van der Waals surface area contributed by atoms with E-state index in [0.717, 1.165) is 41.9 Å². The molecule has 2 aliphatic rings. The van der Waals surface area contributed by atoms with E-state index in [1.165, 1.54) is 31.4 Å². The Labute approximate surface area is 209 Å². The fraction of sp³-hybridized carbons (Fsp3) is 0.333. The third-order valence-electron chi connectivity index (χ3n) is 6.80. The van der Waals surface area contributed by atoms with Crippen LogP contribution in [0, 0.1) is 0 Å². The normalized spacial score (nSPS) is 15.8. The second kappa shape index (κ2) is 9.94. The zero-order valence-electron chi connectivity index (χ0n) is 20.1. The molecule has 0 bridgehead atoms. The third kappa shape index (κ3) is 5.31. The maximum absolute atomic E-state index is 12.6. The Balaban J connectivity index is 1.09. The molecule has 0 unspecified atom stereocenters. The summed E-state index contributed by atoms with van der Waals surface area (Å²) in [5.74, 6) is 2.50. The van der Waals surface area contributed by atoms with Gasteiger partial charge in [-0.1, -0.05) is 12.1 Å². The van der Waals surface area contributed by atoms with Gasteiger partial charge in [-0.3, -0.25) is 9.89 Å². The van der Waals surface area contributed by atoms with E-state index < -0.39 is 0 Å². The molecule has 9 heteroatoms. The van der Waals surface area contributed by atoms with Crippen molar-refractivity contribution in [3.05, 3.63) is 66.0 Å². The van der Waals surface area contributed by atoms with Crippen LogP contribution in [-0.2, 0) is 0 Å². The van der Waals surface area contributed by atoms with Gasteiger partial charge in [0.1, 0.15) is 5.82 Å². The molecule has 3 heterocycles. The molecule has 0 atom stereocenters. The number of aromatic nitrogens is 4. The molecule has 36 heavy (non-hydrogen) atoms. The van der Waals surface area contributed by atoms with Crippen LogP contribution in [0.3, 0.4) is 0 Å². The Bertz CT molecular complexity index is 1370. The lowest BCUT2D eigenvalue weighted by Crippen LogP contribution is -2.33. The molecule has 184 valence electrons. The van der Waals surface area contributed by atoms with Gasteiger partial charge in [-0.15, -0.1) is 0 Å². The van der Waals surface area contributed by atoms with E-state index in [0.29, 0.717) is 29.8 Å². The largest absolute Gasteiger partial charge is 0.351 e. The molecule has 6 rings (SSSR count). The molecule has 1 amide bonds. The van der Waals surface area contributed by atoms with E-state index in [9.17, 15) is 4.79 Å². The number of rotatable bonds is 9. The first-order valence-electron chi connectivity index (χ1n) is 12.7. The molecule has 4 N–H and O–H groups in total. The molecular formula is C27H30N8O. The van der Waals surface area contributed by atoms with Crippen LogP contribution in [0.1, 0.15) is 47.7 Å². The summed E-state index contributed by atoms with van der Waals surface area (Å²) >= 11 is 0. The summed E-state index contributed by atoms with van der Waals surface area (Å²) in [7, 11) is 0. The van der Waals surface area contributed by atoms with Gasteiger partial charge in [0.15, 0.2) is 5.82 Å². The van der Waals surface area contributed by atoms with Crippen LogP contribution in [-0.4, -0.2) is 57.2 Å². The summed E-state index contributed by atoms with van der Waals surface area (Å²) < 4.78 is 0. The average molecular weight is 483 g/mol. The summed E-state index contributed by atoms with van der Waals surface area (Å²) in [5, 5.41) is 19.0. The minimum atomic E-state index is -0.0304. The predicted molar refractivity (Wildman–Crippen MR) is 141 cm³/mol. The molecule has 4 aromatic rings. The van der Waals surface area contributed by atoms with E-state index >= 15 is 0 Å². The van der Waals surface area contributed by atoms with Crippen molar-refractivity contribution in [2.24, 2.45) is 0 Å². The van der Waals surface area contributed by atoms with Gasteiger partial charge in [-0.2, -0.15) is 10.1 Å². The number of anilines is 4. The SMILES string of the molecule is O=C(NCCN1CCCC1)c1ccc2cc(Nc3nccc(Nc4cc(C5CC5)[nH]n4)n3)ccc2c1. The van der Waals surface area contributed by atoms with Gasteiger partial charge in [-0.05, 0) is 79.9 Å². The Hall–Kier alpha value is -3.98. The van der Waals surface area contributed by atoms with E-state index in [1.807, 2.05) is 48.5 Å². The highest BCUT2D eigenvalue weighted by atomic mass is 16.1. The molecular weight excluding hydrogens is 452 g/mol. The Morgan fingerprint density at radius 3 is 2.67 bits per heavy atom. The molecule has 2 aromatic heterocycles. The Morgan fingerprint density at radius 1 is 0.972 bits per heavy atom. The van der Waals surface area contributed by atoms with Gasteiger partial charge in [0.25, 0.3) is 5.91 Å². The quantitative estimate of drug-likeness (QED) is 0.277. The summed E-state index contributed by atoms with van der Waals surface area (Å²) in [5.41, 5.74) is 2.72. The van der Waals surface area contributed by atoms with Crippen molar-refractivity contribution in [2.45, 2.75) is 31.6 Å². The first-order valence-corrected chi connectivity index (χ1v) is 12.7. The molecule has 2 aromatic carbocycles. The maximum atomic E-state index is 12.6. The van der Waals surface area contributed by atoms with Crippen molar-refractivity contribution >= 4 is 40.0 Å². The molecule has 1 saturated heterocycles. The van der Waals surface area contributed by atoms with Crippen molar-refractivity contribution < 1.29 is 4.79 Å². The van der Waals surface area contributed by atoms with Crippen molar-refractivity contribution in [2.75, 3.05) is 36.8 Å². The number of hydrogen-bond donors (Lipinski definition) is 4. The topological polar surface area (TPSA) is 111 Å². The lowest BCUT2D eigenvalue weighted by atomic mass is 10.1. The lowest BCUT2D eigenvalue weighted by Gasteiger charge is -2.14. The van der Waals surface area contributed by atoms with Crippen molar-refractivity contribution in [3.8, 4) is 0 Å². The number of H-pyrrole nitrogens is 1. The third-order valence-corrected chi connectivity index (χ3v) is 6.80. The molecule has 0 radical (unpaired) electrons. The first kappa shape index (κ1) is 22.5. The van der Waals surface area contributed by atoms with Crippen LogP contribution in [0.25, 0.3) is 10.8 Å². The number of aromatic amines is 1. The summed E-state index contributed by atoms with van der Waals surface area (Å²) in [6, 6.07) is 15.6. The first-order chi connectivity index (χ1) is 17.7. The summed E-state index contributed by atoms with van der Waals surface area (Å²) in [6.45, 7) is 3.87. The highest BCUT2D eigenvalue weighted by Crippen LogP contribution is 2.39. The molecule has 1 saturated carbocycles. The molecule has 0 spiro atoms. The molecule has 1 aliphatic heterocycles. The lowest BCUT2D eigenvalue weighted by molar-refractivity contribution is 0.0950. The summed E-state index contributed by atoms with van der Waals surface area (Å²) in [6.07, 6.45) is 6.68. The van der Waals surface area contributed by atoms with Crippen LogP contribution in [0.2, 0.25) is 0 Å². The van der Waals surface area contributed by atoms with Gasteiger partial charge in [0.05, 0.1) is 0 Å². The van der Waals surface area contributed by atoms with Gasteiger partial charge in [-0.25, -0.2) is 4.98 Å². The van der Waals surface area contributed by atoms with E-state index in [2.05, 4.69) is 41.0 Å². The fourth-order valence-corrected chi connectivity index (χ4v) is 4.65. The van der Waals surface area contributed by atoms with Crippen LogP contribution in [0.15, 0.2) is 54.7 Å². The molecule has 9 nitrogen and oxygen atoms in total. The number of benzene rings is 2. The van der Waals surface area contributed by atoms with Gasteiger partial charge in [0, 0.05) is 48.2 Å². The Morgan fingerprint density at radius 2 is 1.81 bits per heavy atom. The van der Waals surface area contributed by atoms with E-state index in [1.54, 1.807) is 6.20 Å². The predicted octanol–water partition coefficient (Wildman–Crippen LogP) is 4.54. The second-order valence-corrected chi connectivity index (χ2v) is 9.58. The summed E-state index contributed by atoms with van der Waals surface area (Å²) in [4.78, 5) is 23.9. The smallest absolute Gasteiger partial charge is 0.251 e. The van der Waals surface area contributed by atoms with Crippen LogP contribution in [0.4, 0.5) is 23.3 Å². The number of carbonyl (C=O) groups excluding carboxylic acids is 1. The van der Waals surface area contributed by atoms with Crippen molar-refractivity contribution in [1.29, 1.82) is 0 Å². The number of fused-ring (bicyclic) bond motifs is 1. The Kier molecular flexibility index (Phi) is 6.21. The highest BCUT2D eigenvalue weighted by Gasteiger charge is 2.25. The fourth-order valence-electron chi connectivity index (χ4n) is 4.65. The number of hydrogen-bond acceptors (Lipinski definition) is 7. The number of nitrogens with one attached hydrogen (secondary N) is 4. The van der Waals surface area contributed by atoms with Gasteiger partial charge >= 0.3 is 0 Å². The standard InChI is InChI=1S/C27H30N8O/c36-26(28-11-14-35-12-1-2-13-35)21-6-5-20-16-22(8-7-19(20)15-21)30-27-29-10-9-24(32-27)31-25-17-23(33-34-25)18-3-4-18/h5-10,15-18H,1-4,11-14H2,(H,28,36)(H3,29,30,31,32,33,34). The van der Waals surface area contributed by atoms with Gasteiger partial charge < -0.3 is 20.9 Å². The highest BCUT2D eigenvalue weighted by molar-refractivity contribution is 5.99. The van der Waals surface area contributed by atoms with E-state index in [-0.39, 0.29) is 5.91 Å². The number of carbonyl (C=O) groups is 1.